The molecule has 2 aliphatic carbocycles. The van der Waals surface area contributed by atoms with Gasteiger partial charge < -0.3 is 30.2 Å². The van der Waals surface area contributed by atoms with Crippen LogP contribution < -0.4 is 16.0 Å². The molecule has 0 bridgehead atoms. The van der Waals surface area contributed by atoms with Crippen molar-refractivity contribution in [2.24, 2.45) is 0 Å². The van der Waals surface area contributed by atoms with E-state index in [4.69, 9.17) is 14.2 Å². The summed E-state index contributed by atoms with van der Waals surface area (Å²) < 4.78 is 15.8. The molecule has 0 heterocycles. The van der Waals surface area contributed by atoms with Gasteiger partial charge in [-0.1, -0.05) is 48.5 Å². The van der Waals surface area contributed by atoms with Gasteiger partial charge in [0.1, 0.15) is 23.8 Å². The zero-order chi connectivity index (χ0) is 30.3. The Morgan fingerprint density at radius 1 is 0.929 bits per heavy atom. The smallest absolute Gasteiger partial charge is 0.408 e. The van der Waals surface area contributed by atoms with Crippen LogP contribution in [0.2, 0.25) is 0 Å². The average molecular weight is 580 g/mol. The van der Waals surface area contributed by atoms with Gasteiger partial charge in [0.15, 0.2) is 0 Å². The van der Waals surface area contributed by atoms with E-state index in [0.29, 0.717) is 32.2 Å². The van der Waals surface area contributed by atoms with Crippen molar-refractivity contribution >= 4 is 24.1 Å². The first-order valence-corrected chi connectivity index (χ1v) is 14.5. The zero-order valence-electron chi connectivity index (χ0n) is 24.8. The van der Waals surface area contributed by atoms with Gasteiger partial charge >= 0.3 is 18.2 Å². The highest BCUT2D eigenvalue weighted by atomic mass is 16.6. The highest BCUT2D eigenvalue weighted by molar-refractivity contribution is 5.92. The molecule has 0 aliphatic heterocycles. The molecule has 226 valence electrons. The maximum atomic E-state index is 13.2. The average Bonchev–Trinajstić information content (AvgIpc) is 3.25. The van der Waals surface area contributed by atoms with E-state index < -0.39 is 41.2 Å². The lowest BCUT2D eigenvalue weighted by Gasteiger charge is -2.40. The minimum Gasteiger partial charge on any atom is -0.467 e. The summed E-state index contributed by atoms with van der Waals surface area (Å²) in [4.78, 5) is 50.4. The molecule has 0 aromatic heterocycles. The summed E-state index contributed by atoms with van der Waals surface area (Å²) in [6.45, 7) is 5.76. The molecule has 1 unspecified atom stereocenters. The van der Waals surface area contributed by atoms with Gasteiger partial charge in [-0.15, -0.1) is 0 Å². The number of hydrogen-bond donors (Lipinski definition) is 3. The van der Waals surface area contributed by atoms with Crippen LogP contribution in [0.1, 0.15) is 76.3 Å². The van der Waals surface area contributed by atoms with Gasteiger partial charge in [0, 0.05) is 12.5 Å². The standard InChI is InChI=1S/C32H41N3O7/c1-31(2,3)42-30(39)34-26(27(36)35-32(17-11-18-32)28(37)40-4)16-9-10-19-33-29(38)41-20-25-23-14-7-5-12-21(23)22-13-6-8-15-24(22)25/h5-8,12-15,25-26H,9-11,16-20H2,1-4H3,(H,33,38)(H,34,39)(H,35,36). The third-order valence-corrected chi connectivity index (χ3v) is 7.69. The summed E-state index contributed by atoms with van der Waals surface area (Å²) in [5.41, 5.74) is 2.81. The third kappa shape index (κ3) is 7.40. The van der Waals surface area contributed by atoms with E-state index >= 15 is 0 Å². The second kappa shape index (κ2) is 13.3. The summed E-state index contributed by atoms with van der Waals surface area (Å²) in [6.07, 6.45) is 1.87. The molecule has 1 fully saturated rings. The van der Waals surface area contributed by atoms with Gasteiger partial charge in [-0.05, 0) is 81.5 Å². The van der Waals surface area contributed by atoms with Crippen LogP contribution >= 0.6 is 0 Å². The first kappa shape index (κ1) is 30.9. The van der Waals surface area contributed by atoms with Crippen molar-refractivity contribution in [1.29, 1.82) is 0 Å². The molecule has 2 aromatic carbocycles. The highest BCUT2D eigenvalue weighted by Crippen LogP contribution is 2.44. The summed E-state index contributed by atoms with van der Waals surface area (Å²) in [5.74, 6) is -0.994. The number of fused-ring (bicyclic) bond motifs is 3. The number of unbranched alkanes of at least 4 members (excludes halogenated alkanes) is 1. The maximum Gasteiger partial charge on any atom is 0.408 e. The number of esters is 1. The topological polar surface area (TPSA) is 132 Å². The van der Waals surface area contributed by atoms with E-state index in [1.165, 1.54) is 7.11 Å². The first-order chi connectivity index (χ1) is 20.0. The Hall–Kier alpha value is -4.08. The van der Waals surface area contributed by atoms with Crippen LogP contribution in [0.5, 0.6) is 0 Å². The Morgan fingerprint density at radius 3 is 2.10 bits per heavy atom. The van der Waals surface area contributed by atoms with Crippen LogP contribution in [0.15, 0.2) is 48.5 Å². The van der Waals surface area contributed by atoms with Gasteiger partial charge in [-0.2, -0.15) is 0 Å². The fourth-order valence-corrected chi connectivity index (χ4v) is 5.46. The molecule has 4 rings (SSSR count). The summed E-state index contributed by atoms with van der Waals surface area (Å²) >= 11 is 0. The summed E-state index contributed by atoms with van der Waals surface area (Å²) in [6, 6.07) is 15.4. The number of rotatable bonds is 11. The van der Waals surface area contributed by atoms with Crippen molar-refractivity contribution in [3.05, 3.63) is 59.7 Å². The van der Waals surface area contributed by atoms with Gasteiger partial charge in [-0.3, -0.25) is 4.79 Å². The molecule has 0 spiro atoms. The van der Waals surface area contributed by atoms with Crippen molar-refractivity contribution in [3.63, 3.8) is 0 Å². The van der Waals surface area contributed by atoms with Crippen LogP contribution in [0, 0.1) is 0 Å². The van der Waals surface area contributed by atoms with Crippen LogP contribution in [0.3, 0.4) is 0 Å². The van der Waals surface area contributed by atoms with Crippen molar-refractivity contribution < 1.29 is 33.4 Å². The largest absolute Gasteiger partial charge is 0.467 e. The van der Waals surface area contributed by atoms with Crippen molar-refractivity contribution in [2.45, 2.75) is 82.4 Å². The maximum absolute atomic E-state index is 13.2. The van der Waals surface area contributed by atoms with E-state index in [1.807, 2.05) is 24.3 Å². The monoisotopic (exact) mass is 579 g/mol. The Bertz CT molecular complexity index is 1250. The van der Waals surface area contributed by atoms with E-state index in [1.54, 1.807) is 20.8 Å². The number of nitrogens with one attached hydrogen (secondary N) is 3. The molecule has 0 radical (unpaired) electrons. The van der Waals surface area contributed by atoms with Gasteiger partial charge in [-0.25, -0.2) is 14.4 Å². The van der Waals surface area contributed by atoms with E-state index in [0.717, 1.165) is 28.7 Å². The Balaban J connectivity index is 1.25. The van der Waals surface area contributed by atoms with E-state index in [2.05, 4.69) is 40.2 Å². The molecule has 42 heavy (non-hydrogen) atoms. The summed E-state index contributed by atoms with van der Waals surface area (Å²) in [7, 11) is 1.29. The SMILES string of the molecule is COC(=O)C1(NC(=O)C(CCCCNC(=O)OCC2c3ccccc3-c3ccccc32)NC(=O)OC(C)(C)C)CCC1. The summed E-state index contributed by atoms with van der Waals surface area (Å²) in [5, 5.41) is 8.20. The minimum absolute atomic E-state index is 0.0229. The zero-order valence-corrected chi connectivity index (χ0v) is 24.8. The number of ether oxygens (including phenoxy) is 3. The fraction of sp³-hybridized carbons (Fsp3) is 0.500. The Labute approximate surface area is 246 Å². The van der Waals surface area contributed by atoms with Crippen LogP contribution in [0.4, 0.5) is 9.59 Å². The molecule has 3 N–H and O–H groups in total. The molecular weight excluding hydrogens is 538 g/mol. The van der Waals surface area contributed by atoms with Crippen molar-refractivity contribution in [3.8, 4) is 11.1 Å². The quantitative estimate of drug-likeness (QED) is 0.198. The number of methoxy groups -OCH3 is 1. The van der Waals surface area contributed by atoms with Gasteiger partial charge in [0.2, 0.25) is 5.91 Å². The molecule has 10 heteroatoms. The minimum atomic E-state index is -1.06. The third-order valence-electron chi connectivity index (χ3n) is 7.69. The van der Waals surface area contributed by atoms with E-state index in [9.17, 15) is 19.2 Å². The molecule has 2 aromatic rings. The molecule has 3 amide bonds. The number of hydrogen-bond acceptors (Lipinski definition) is 7. The van der Waals surface area contributed by atoms with Crippen LogP contribution in [-0.4, -0.2) is 61.5 Å². The fourth-order valence-electron chi connectivity index (χ4n) is 5.46. The lowest BCUT2D eigenvalue weighted by molar-refractivity contribution is -0.155. The Morgan fingerprint density at radius 2 is 1.55 bits per heavy atom. The second-order valence-electron chi connectivity index (χ2n) is 11.9. The van der Waals surface area contributed by atoms with E-state index in [-0.39, 0.29) is 18.9 Å². The predicted octanol–water partition coefficient (Wildman–Crippen LogP) is 4.80. The molecule has 1 atom stereocenters. The molecular formula is C32H41N3O7. The second-order valence-corrected chi connectivity index (χ2v) is 11.9. The normalized spacial score (nSPS) is 15.7. The Kier molecular flexibility index (Phi) is 9.75. The van der Waals surface area contributed by atoms with Crippen molar-refractivity contribution in [1.82, 2.24) is 16.0 Å². The molecule has 2 aliphatic rings. The number of carbonyl (C=O) groups is 4. The van der Waals surface area contributed by atoms with Crippen LogP contribution in [-0.2, 0) is 23.8 Å². The lowest BCUT2D eigenvalue weighted by atomic mass is 9.76. The number of alkyl carbamates (subject to hydrolysis) is 2. The van der Waals surface area contributed by atoms with Gasteiger partial charge in [0.25, 0.3) is 0 Å². The molecule has 1 saturated carbocycles. The predicted molar refractivity (Wildman–Crippen MR) is 157 cm³/mol. The van der Waals surface area contributed by atoms with Crippen molar-refractivity contribution in [2.75, 3.05) is 20.3 Å². The molecule has 10 nitrogen and oxygen atoms in total. The highest BCUT2D eigenvalue weighted by Gasteiger charge is 2.47. The van der Waals surface area contributed by atoms with Gasteiger partial charge in [0.05, 0.1) is 7.11 Å². The number of benzene rings is 2. The molecule has 0 saturated heterocycles. The van der Waals surface area contributed by atoms with Crippen LogP contribution in [0.25, 0.3) is 11.1 Å². The first-order valence-electron chi connectivity index (χ1n) is 14.5. The lowest BCUT2D eigenvalue weighted by Crippen LogP contribution is -2.63. The number of carbonyl (C=O) groups excluding carboxylic acids is 4. The number of amides is 3.